The second-order valence-corrected chi connectivity index (χ2v) is 5.30. The molecule has 0 saturated carbocycles. The number of aliphatic hydroxyl groups is 1. The number of hydrogen-bond acceptors (Lipinski definition) is 6. The summed E-state index contributed by atoms with van der Waals surface area (Å²) in [7, 11) is 0. The predicted octanol–water partition coefficient (Wildman–Crippen LogP) is 0.501. The van der Waals surface area contributed by atoms with Gasteiger partial charge in [-0.2, -0.15) is 4.98 Å². The van der Waals surface area contributed by atoms with Crippen molar-refractivity contribution in [3.8, 4) is 0 Å². The molecule has 3 N–H and O–H groups in total. The highest BCUT2D eigenvalue weighted by Crippen LogP contribution is 2.42. The van der Waals surface area contributed by atoms with Gasteiger partial charge in [0.1, 0.15) is 5.82 Å². The van der Waals surface area contributed by atoms with Gasteiger partial charge in [0.15, 0.2) is 0 Å². The number of azide groups is 1. The van der Waals surface area contributed by atoms with Crippen molar-refractivity contribution in [3.63, 3.8) is 0 Å². The van der Waals surface area contributed by atoms with Crippen molar-refractivity contribution in [1.82, 2.24) is 9.55 Å². The molecule has 96 valence electrons. The van der Waals surface area contributed by atoms with Crippen LogP contribution in [0, 0.1) is 0 Å². The summed E-state index contributed by atoms with van der Waals surface area (Å²) in [5, 5.41) is 12.4. The Kier molecular flexibility index (Phi) is 3.75. The molecule has 1 aromatic heterocycles. The van der Waals surface area contributed by atoms with E-state index < -0.39 is 5.69 Å². The molecule has 1 aliphatic heterocycles. The molecule has 1 unspecified atom stereocenters. The van der Waals surface area contributed by atoms with E-state index in [1.807, 2.05) is 0 Å². The molecule has 0 aromatic carbocycles. The van der Waals surface area contributed by atoms with Crippen LogP contribution in [0.25, 0.3) is 10.4 Å². The average Bonchev–Trinajstić information content (AvgIpc) is 2.73. The molecule has 0 spiro atoms. The van der Waals surface area contributed by atoms with Gasteiger partial charge in [0.25, 0.3) is 0 Å². The molecule has 1 aromatic rings. The predicted molar refractivity (Wildman–Crippen MR) is 68.0 cm³/mol. The highest BCUT2D eigenvalue weighted by molar-refractivity contribution is 8.00. The first kappa shape index (κ1) is 12.7. The Labute approximate surface area is 106 Å². The summed E-state index contributed by atoms with van der Waals surface area (Å²) in [6.45, 7) is -0.0181. The van der Waals surface area contributed by atoms with Gasteiger partial charge in [0.2, 0.25) is 0 Å². The fourth-order valence-electron chi connectivity index (χ4n) is 1.89. The van der Waals surface area contributed by atoms with Crippen LogP contribution in [0.15, 0.2) is 22.2 Å². The summed E-state index contributed by atoms with van der Waals surface area (Å²) in [4.78, 5) is 18.2. The van der Waals surface area contributed by atoms with Crippen molar-refractivity contribution in [3.05, 3.63) is 33.2 Å². The van der Waals surface area contributed by atoms with Gasteiger partial charge in [-0.15, -0.1) is 11.8 Å². The SMILES string of the molecule is [N-]=[N+]=NC1C[C@@H](CO)S[C@@H]1n1ccc(N)nc1=O. The van der Waals surface area contributed by atoms with Crippen molar-refractivity contribution in [1.29, 1.82) is 0 Å². The Morgan fingerprint density at radius 1 is 1.78 bits per heavy atom. The van der Waals surface area contributed by atoms with E-state index in [-0.39, 0.29) is 29.1 Å². The van der Waals surface area contributed by atoms with Gasteiger partial charge in [0, 0.05) is 16.4 Å². The third-order valence-electron chi connectivity index (χ3n) is 2.69. The largest absolute Gasteiger partial charge is 0.395 e. The van der Waals surface area contributed by atoms with Crippen molar-refractivity contribution >= 4 is 17.6 Å². The molecule has 1 aliphatic rings. The van der Waals surface area contributed by atoms with Crippen LogP contribution < -0.4 is 11.4 Å². The summed E-state index contributed by atoms with van der Waals surface area (Å²) < 4.78 is 1.38. The molecule has 8 nitrogen and oxygen atoms in total. The van der Waals surface area contributed by atoms with Gasteiger partial charge in [-0.3, -0.25) is 4.57 Å². The standard InChI is InChI=1S/C9H12N6O2S/c10-7-1-2-15(9(17)12-7)8-6(13-14-11)3-5(4-16)18-8/h1-2,5-6,8,16H,3-4H2,(H2,10,12,17)/t5-,6?,8-/m0/s1. The highest BCUT2D eigenvalue weighted by Gasteiger charge is 2.35. The molecule has 18 heavy (non-hydrogen) atoms. The van der Waals surface area contributed by atoms with Crippen LogP contribution in [-0.4, -0.2) is 32.6 Å². The Morgan fingerprint density at radius 3 is 3.17 bits per heavy atom. The molecule has 9 heteroatoms. The van der Waals surface area contributed by atoms with Crippen molar-refractivity contribution in [2.45, 2.75) is 23.1 Å². The fourth-order valence-corrected chi connectivity index (χ4v) is 3.31. The van der Waals surface area contributed by atoms with Crippen LogP contribution in [0.1, 0.15) is 11.8 Å². The van der Waals surface area contributed by atoms with Crippen molar-refractivity contribution in [2.75, 3.05) is 12.3 Å². The zero-order valence-corrected chi connectivity index (χ0v) is 10.2. The van der Waals surface area contributed by atoms with Crippen LogP contribution >= 0.6 is 11.8 Å². The van der Waals surface area contributed by atoms with E-state index in [1.54, 1.807) is 0 Å². The lowest BCUT2D eigenvalue weighted by molar-refractivity contribution is 0.289. The lowest BCUT2D eigenvalue weighted by Gasteiger charge is -2.16. The molecule has 0 bridgehead atoms. The van der Waals surface area contributed by atoms with Crippen LogP contribution in [0.5, 0.6) is 0 Å². The van der Waals surface area contributed by atoms with E-state index in [9.17, 15) is 4.79 Å². The Balaban J connectivity index is 2.35. The maximum Gasteiger partial charge on any atom is 0.350 e. The van der Waals surface area contributed by atoms with Gasteiger partial charge in [-0.1, -0.05) is 5.11 Å². The minimum Gasteiger partial charge on any atom is -0.395 e. The summed E-state index contributed by atoms with van der Waals surface area (Å²) >= 11 is 1.40. The molecule has 1 saturated heterocycles. The van der Waals surface area contributed by atoms with Crippen LogP contribution in [-0.2, 0) is 0 Å². The Hall–Kier alpha value is -1.70. The number of aromatic nitrogens is 2. The summed E-state index contributed by atoms with van der Waals surface area (Å²) in [5.41, 5.74) is 13.5. The van der Waals surface area contributed by atoms with Gasteiger partial charge in [0.05, 0.1) is 18.0 Å². The number of nitrogens with two attached hydrogens (primary N) is 1. The van der Waals surface area contributed by atoms with E-state index in [1.165, 1.54) is 28.6 Å². The van der Waals surface area contributed by atoms with Gasteiger partial charge in [-0.05, 0) is 18.0 Å². The monoisotopic (exact) mass is 268 g/mol. The number of aliphatic hydroxyl groups excluding tert-OH is 1. The molecule has 3 atom stereocenters. The van der Waals surface area contributed by atoms with Crippen LogP contribution in [0.4, 0.5) is 5.82 Å². The third-order valence-corrected chi connectivity index (χ3v) is 4.24. The Bertz CT molecular complexity index is 540. The summed E-state index contributed by atoms with van der Waals surface area (Å²) in [6, 6.07) is 1.14. The molecular formula is C9H12N6O2S. The first-order valence-electron chi connectivity index (χ1n) is 5.31. The Morgan fingerprint density at radius 2 is 2.56 bits per heavy atom. The van der Waals surface area contributed by atoms with Crippen LogP contribution in [0.2, 0.25) is 0 Å². The molecule has 0 radical (unpaired) electrons. The van der Waals surface area contributed by atoms with E-state index >= 15 is 0 Å². The minimum absolute atomic E-state index is 0.0181. The smallest absolute Gasteiger partial charge is 0.350 e. The van der Waals surface area contributed by atoms with Crippen LogP contribution in [0.3, 0.4) is 0 Å². The quantitative estimate of drug-likeness (QED) is 0.468. The highest BCUT2D eigenvalue weighted by atomic mass is 32.2. The molecule has 0 amide bonds. The number of nitrogen functional groups attached to an aromatic ring is 1. The number of hydrogen-bond donors (Lipinski definition) is 2. The summed E-state index contributed by atoms with van der Waals surface area (Å²) in [6.07, 6.45) is 2.06. The average molecular weight is 268 g/mol. The zero-order chi connectivity index (χ0) is 13.1. The van der Waals surface area contributed by atoms with E-state index in [0.29, 0.717) is 6.42 Å². The van der Waals surface area contributed by atoms with Gasteiger partial charge < -0.3 is 10.8 Å². The minimum atomic E-state index is -0.482. The lowest BCUT2D eigenvalue weighted by Crippen LogP contribution is -2.29. The molecule has 1 fully saturated rings. The second kappa shape index (κ2) is 5.30. The topological polar surface area (TPSA) is 130 Å². The second-order valence-electron chi connectivity index (χ2n) is 3.88. The number of anilines is 1. The summed E-state index contributed by atoms with van der Waals surface area (Å²) in [5.74, 6) is 0.151. The number of thioether (sulfide) groups is 1. The molecule has 0 aliphatic carbocycles. The maximum absolute atomic E-state index is 11.7. The maximum atomic E-state index is 11.7. The fraction of sp³-hybridized carbons (Fsp3) is 0.556. The van der Waals surface area contributed by atoms with E-state index in [0.717, 1.165) is 0 Å². The normalized spacial score (nSPS) is 26.8. The van der Waals surface area contributed by atoms with Crippen molar-refractivity contribution in [2.24, 2.45) is 5.11 Å². The third kappa shape index (κ3) is 2.42. The molecule has 2 heterocycles. The van der Waals surface area contributed by atoms with Crippen molar-refractivity contribution < 1.29 is 5.11 Å². The molecular weight excluding hydrogens is 256 g/mol. The number of nitrogens with zero attached hydrogens (tertiary/aromatic N) is 5. The molecule has 2 rings (SSSR count). The number of rotatable bonds is 3. The van der Waals surface area contributed by atoms with E-state index in [4.69, 9.17) is 16.4 Å². The van der Waals surface area contributed by atoms with Gasteiger partial charge in [-0.25, -0.2) is 4.79 Å². The van der Waals surface area contributed by atoms with E-state index in [2.05, 4.69) is 15.0 Å². The lowest BCUT2D eigenvalue weighted by atomic mass is 10.2. The first-order chi connectivity index (χ1) is 8.65. The zero-order valence-electron chi connectivity index (χ0n) is 9.38. The first-order valence-corrected chi connectivity index (χ1v) is 6.25. The van der Waals surface area contributed by atoms with Gasteiger partial charge >= 0.3 is 5.69 Å².